The predicted octanol–water partition coefficient (Wildman–Crippen LogP) is 4.12. The van der Waals surface area contributed by atoms with E-state index in [0.29, 0.717) is 0 Å². The molecule has 2 nitrogen and oxygen atoms in total. The standard InChI is InChI=1S/C17H14N2/c1-13-7-5-6-10-15(13)16-11-12-18-17(19-16)14-8-3-2-4-9-14/h2-12H,1H3. The van der Waals surface area contributed by atoms with Crippen LogP contribution in [-0.4, -0.2) is 9.97 Å². The van der Waals surface area contributed by atoms with Crippen LogP contribution in [0.15, 0.2) is 66.9 Å². The molecule has 2 heteroatoms. The molecule has 0 N–H and O–H groups in total. The van der Waals surface area contributed by atoms with Crippen molar-refractivity contribution in [3.05, 3.63) is 72.4 Å². The van der Waals surface area contributed by atoms with Gasteiger partial charge in [0.1, 0.15) is 0 Å². The molecule has 0 radical (unpaired) electrons. The van der Waals surface area contributed by atoms with Gasteiger partial charge in [0.2, 0.25) is 0 Å². The summed E-state index contributed by atoms with van der Waals surface area (Å²) in [6.45, 7) is 2.10. The molecule has 0 amide bonds. The van der Waals surface area contributed by atoms with Crippen molar-refractivity contribution < 1.29 is 0 Å². The van der Waals surface area contributed by atoms with Crippen LogP contribution in [0.3, 0.4) is 0 Å². The molecule has 0 spiro atoms. The average Bonchev–Trinajstić information content (AvgIpc) is 2.49. The highest BCUT2D eigenvalue weighted by Gasteiger charge is 2.05. The fourth-order valence-corrected chi connectivity index (χ4v) is 2.10. The van der Waals surface area contributed by atoms with Crippen molar-refractivity contribution in [2.45, 2.75) is 6.92 Å². The van der Waals surface area contributed by atoms with Crippen LogP contribution in [0.2, 0.25) is 0 Å². The first-order valence-corrected chi connectivity index (χ1v) is 6.29. The van der Waals surface area contributed by atoms with Gasteiger partial charge in [-0.1, -0.05) is 54.6 Å². The highest BCUT2D eigenvalue weighted by molar-refractivity contribution is 5.66. The molecule has 19 heavy (non-hydrogen) atoms. The summed E-state index contributed by atoms with van der Waals surface area (Å²) >= 11 is 0. The van der Waals surface area contributed by atoms with Crippen molar-refractivity contribution in [1.82, 2.24) is 9.97 Å². The first-order valence-electron chi connectivity index (χ1n) is 6.29. The Hall–Kier alpha value is -2.48. The minimum absolute atomic E-state index is 0.765. The molecule has 1 heterocycles. The predicted molar refractivity (Wildman–Crippen MR) is 77.6 cm³/mol. The van der Waals surface area contributed by atoms with Gasteiger partial charge in [-0.2, -0.15) is 0 Å². The molecule has 1 aromatic heterocycles. The van der Waals surface area contributed by atoms with E-state index in [1.165, 1.54) is 5.56 Å². The van der Waals surface area contributed by atoms with Crippen LogP contribution in [0.4, 0.5) is 0 Å². The van der Waals surface area contributed by atoms with Gasteiger partial charge >= 0.3 is 0 Å². The van der Waals surface area contributed by atoms with Crippen molar-refractivity contribution in [3.8, 4) is 22.6 Å². The molecule has 0 atom stereocenters. The Kier molecular flexibility index (Phi) is 3.07. The molecule has 0 fully saturated rings. The summed E-state index contributed by atoms with van der Waals surface area (Å²) in [6, 6.07) is 20.3. The molecular formula is C17H14N2. The van der Waals surface area contributed by atoms with E-state index in [9.17, 15) is 0 Å². The minimum atomic E-state index is 0.765. The summed E-state index contributed by atoms with van der Waals surface area (Å²) in [4.78, 5) is 9.02. The van der Waals surface area contributed by atoms with Crippen molar-refractivity contribution >= 4 is 0 Å². The zero-order valence-corrected chi connectivity index (χ0v) is 10.7. The van der Waals surface area contributed by atoms with Crippen LogP contribution < -0.4 is 0 Å². The summed E-state index contributed by atoms with van der Waals surface area (Å²) in [5.41, 5.74) is 4.38. The Morgan fingerprint density at radius 3 is 2.32 bits per heavy atom. The summed E-state index contributed by atoms with van der Waals surface area (Å²) < 4.78 is 0. The number of nitrogens with zero attached hydrogens (tertiary/aromatic N) is 2. The molecular weight excluding hydrogens is 232 g/mol. The van der Waals surface area contributed by atoms with E-state index in [0.717, 1.165) is 22.6 Å². The summed E-state index contributed by atoms with van der Waals surface area (Å²) in [7, 11) is 0. The summed E-state index contributed by atoms with van der Waals surface area (Å²) in [5, 5.41) is 0. The smallest absolute Gasteiger partial charge is 0.159 e. The second kappa shape index (κ2) is 5.02. The van der Waals surface area contributed by atoms with Crippen LogP contribution in [0.25, 0.3) is 22.6 Å². The van der Waals surface area contributed by atoms with Gasteiger partial charge in [0, 0.05) is 17.3 Å². The lowest BCUT2D eigenvalue weighted by molar-refractivity contribution is 1.18. The first-order chi connectivity index (χ1) is 9.34. The Bertz CT molecular complexity index is 690. The molecule has 0 saturated heterocycles. The molecule has 0 bridgehead atoms. The molecule has 3 rings (SSSR count). The van der Waals surface area contributed by atoms with Crippen molar-refractivity contribution in [2.24, 2.45) is 0 Å². The van der Waals surface area contributed by atoms with Crippen molar-refractivity contribution in [1.29, 1.82) is 0 Å². The van der Waals surface area contributed by atoms with Crippen LogP contribution in [0.1, 0.15) is 5.56 Å². The van der Waals surface area contributed by atoms with Gasteiger partial charge < -0.3 is 0 Å². The average molecular weight is 246 g/mol. The molecule has 0 saturated carbocycles. The van der Waals surface area contributed by atoms with Gasteiger partial charge in [0.05, 0.1) is 5.69 Å². The third-order valence-electron chi connectivity index (χ3n) is 3.11. The second-order valence-corrected chi connectivity index (χ2v) is 4.45. The third kappa shape index (κ3) is 2.38. The maximum atomic E-state index is 4.66. The molecule has 0 aliphatic rings. The number of hydrogen-bond acceptors (Lipinski definition) is 2. The maximum absolute atomic E-state index is 4.66. The Balaban J connectivity index is 2.09. The van der Waals surface area contributed by atoms with E-state index < -0.39 is 0 Å². The van der Waals surface area contributed by atoms with E-state index in [1.807, 2.05) is 54.7 Å². The van der Waals surface area contributed by atoms with Gasteiger partial charge in [-0.05, 0) is 18.6 Å². The highest BCUT2D eigenvalue weighted by atomic mass is 14.9. The minimum Gasteiger partial charge on any atom is -0.237 e. The fraction of sp³-hybridized carbons (Fsp3) is 0.0588. The normalized spacial score (nSPS) is 10.4. The number of rotatable bonds is 2. The molecule has 0 unspecified atom stereocenters. The van der Waals surface area contributed by atoms with Crippen LogP contribution >= 0.6 is 0 Å². The van der Waals surface area contributed by atoms with Crippen LogP contribution in [-0.2, 0) is 0 Å². The number of hydrogen-bond donors (Lipinski definition) is 0. The largest absolute Gasteiger partial charge is 0.237 e. The fourth-order valence-electron chi connectivity index (χ4n) is 2.10. The van der Waals surface area contributed by atoms with Gasteiger partial charge in [0.15, 0.2) is 5.82 Å². The van der Waals surface area contributed by atoms with Crippen molar-refractivity contribution in [3.63, 3.8) is 0 Å². The number of aromatic nitrogens is 2. The third-order valence-corrected chi connectivity index (χ3v) is 3.11. The molecule has 3 aromatic rings. The van der Waals surface area contributed by atoms with E-state index in [1.54, 1.807) is 0 Å². The lowest BCUT2D eigenvalue weighted by Gasteiger charge is -2.06. The second-order valence-electron chi connectivity index (χ2n) is 4.45. The molecule has 0 aliphatic heterocycles. The first kappa shape index (κ1) is 11.6. The molecule has 92 valence electrons. The Morgan fingerprint density at radius 2 is 1.53 bits per heavy atom. The topological polar surface area (TPSA) is 25.8 Å². The van der Waals surface area contributed by atoms with Gasteiger partial charge in [-0.25, -0.2) is 9.97 Å². The monoisotopic (exact) mass is 246 g/mol. The summed E-state index contributed by atoms with van der Waals surface area (Å²) in [6.07, 6.45) is 1.82. The quantitative estimate of drug-likeness (QED) is 0.679. The Morgan fingerprint density at radius 1 is 0.789 bits per heavy atom. The molecule has 2 aromatic carbocycles. The number of benzene rings is 2. The van der Waals surface area contributed by atoms with E-state index in [-0.39, 0.29) is 0 Å². The maximum Gasteiger partial charge on any atom is 0.159 e. The van der Waals surface area contributed by atoms with Gasteiger partial charge in [-0.3, -0.25) is 0 Å². The van der Waals surface area contributed by atoms with Crippen LogP contribution in [0.5, 0.6) is 0 Å². The molecule has 0 aliphatic carbocycles. The van der Waals surface area contributed by atoms with E-state index in [2.05, 4.69) is 29.0 Å². The number of aryl methyl sites for hydroxylation is 1. The summed E-state index contributed by atoms with van der Waals surface area (Å²) in [5.74, 6) is 0.765. The lowest BCUT2D eigenvalue weighted by atomic mass is 10.1. The van der Waals surface area contributed by atoms with Gasteiger partial charge in [0.25, 0.3) is 0 Å². The lowest BCUT2D eigenvalue weighted by Crippen LogP contribution is -1.92. The highest BCUT2D eigenvalue weighted by Crippen LogP contribution is 2.23. The van der Waals surface area contributed by atoms with Crippen LogP contribution in [0, 0.1) is 6.92 Å². The SMILES string of the molecule is Cc1ccccc1-c1ccnc(-c2ccccc2)n1. The zero-order chi connectivity index (χ0) is 13.1. The Labute approximate surface area is 112 Å². The van der Waals surface area contributed by atoms with Gasteiger partial charge in [-0.15, -0.1) is 0 Å². The van der Waals surface area contributed by atoms with E-state index >= 15 is 0 Å². The zero-order valence-electron chi connectivity index (χ0n) is 10.7. The van der Waals surface area contributed by atoms with Crippen molar-refractivity contribution in [2.75, 3.05) is 0 Å². The van der Waals surface area contributed by atoms with E-state index in [4.69, 9.17) is 0 Å².